The third-order valence-corrected chi connectivity index (χ3v) is 2.43. The fourth-order valence-electron chi connectivity index (χ4n) is 1.24. The smallest absolute Gasteiger partial charge is 0.306 e. The largest absolute Gasteiger partial charge is 0.466 e. The standard InChI is InChI=1S/C14H26O5/c1-3-5-9-17-11-12-19-14(16)8-7-13(15)18-10-6-4-2/h3-12H2,1-2H3. The van der Waals surface area contributed by atoms with E-state index < -0.39 is 0 Å². The van der Waals surface area contributed by atoms with Crippen LogP contribution in [0.25, 0.3) is 0 Å². The molecule has 0 unspecified atom stereocenters. The molecule has 0 aromatic rings. The van der Waals surface area contributed by atoms with Crippen LogP contribution in [0.1, 0.15) is 52.4 Å². The molecule has 0 radical (unpaired) electrons. The van der Waals surface area contributed by atoms with Crippen LogP contribution < -0.4 is 0 Å². The lowest BCUT2D eigenvalue weighted by atomic mass is 10.3. The zero-order valence-corrected chi connectivity index (χ0v) is 12.1. The second kappa shape index (κ2) is 13.3. The molecule has 0 aromatic heterocycles. The molecular weight excluding hydrogens is 248 g/mol. The quantitative estimate of drug-likeness (QED) is 0.404. The number of hydrogen-bond donors (Lipinski definition) is 0. The van der Waals surface area contributed by atoms with Gasteiger partial charge in [0.25, 0.3) is 0 Å². The molecule has 0 aliphatic carbocycles. The van der Waals surface area contributed by atoms with Gasteiger partial charge in [0.15, 0.2) is 0 Å². The van der Waals surface area contributed by atoms with Crippen molar-refractivity contribution < 1.29 is 23.8 Å². The lowest BCUT2D eigenvalue weighted by Crippen LogP contribution is -2.13. The number of ether oxygens (including phenoxy) is 3. The average molecular weight is 274 g/mol. The minimum atomic E-state index is -0.383. The Morgan fingerprint density at radius 2 is 1.26 bits per heavy atom. The highest BCUT2D eigenvalue weighted by Crippen LogP contribution is 1.98. The van der Waals surface area contributed by atoms with Gasteiger partial charge < -0.3 is 14.2 Å². The molecular formula is C14H26O5. The summed E-state index contributed by atoms with van der Waals surface area (Å²) in [4.78, 5) is 22.5. The number of rotatable bonds is 12. The van der Waals surface area contributed by atoms with E-state index in [4.69, 9.17) is 14.2 Å². The third kappa shape index (κ3) is 13.1. The van der Waals surface area contributed by atoms with E-state index in [1.807, 2.05) is 6.92 Å². The summed E-state index contributed by atoms with van der Waals surface area (Å²) in [6.07, 6.45) is 4.08. The second-order valence-corrected chi connectivity index (χ2v) is 4.26. The van der Waals surface area contributed by atoms with Gasteiger partial charge in [0.2, 0.25) is 0 Å². The lowest BCUT2D eigenvalue weighted by molar-refractivity contribution is -0.151. The van der Waals surface area contributed by atoms with Gasteiger partial charge in [-0.05, 0) is 12.8 Å². The monoisotopic (exact) mass is 274 g/mol. The number of esters is 2. The van der Waals surface area contributed by atoms with Crippen molar-refractivity contribution in [1.29, 1.82) is 0 Å². The second-order valence-electron chi connectivity index (χ2n) is 4.26. The van der Waals surface area contributed by atoms with Crippen molar-refractivity contribution in [2.24, 2.45) is 0 Å². The summed E-state index contributed by atoms with van der Waals surface area (Å²) in [5.74, 6) is -0.726. The Morgan fingerprint density at radius 3 is 1.84 bits per heavy atom. The molecule has 0 aromatic carbocycles. The summed E-state index contributed by atoms with van der Waals surface area (Å²) in [5, 5.41) is 0. The van der Waals surface area contributed by atoms with Crippen LogP contribution in [0.5, 0.6) is 0 Å². The van der Waals surface area contributed by atoms with Crippen molar-refractivity contribution in [2.45, 2.75) is 52.4 Å². The van der Waals surface area contributed by atoms with E-state index in [1.54, 1.807) is 0 Å². The van der Waals surface area contributed by atoms with E-state index in [-0.39, 0.29) is 31.4 Å². The maximum absolute atomic E-state index is 11.3. The van der Waals surface area contributed by atoms with Crippen LogP contribution in [0, 0.1) is 0 Å². The van der Waals surface area contributed by atoms with Crippen LogP contribution in [0.4, 0.5) is 0 Å². The molecule has 0 saturated carbocycles. The van der Waals surface area contributed by atoms with Gasteiger partial charge in [-0.3, -0.25) is 9.59 Å². The zero-order valence-electron chi connectivity index (χ0n) is 12.1. The molecule has 0 atom stereocenters. The van der Waals surface area contributed by atoms with Crippen LogP contribution >= 0.6 is 0 Å². The molecule has 0 aliphatic rings. The minimum Gasteiger partial charge on any atom is -0.466 e. The van der Waals surface area contributed by atoms with E-state index in [0.717, 1.165) is 25.7 Å². The first-order valence-electron chi connectivity index (χ1n) is 7.09. The highest BCUT2D eigenvalue weighted by Gasteiger charge is 2.08. The molecule has 5 heteroatoms. The van der Waals surface area contributed by atoms with Gasteiger partial charge in [0, 0.05) is 6.61 Å². The molecule has 0 aliphatic heterocycles. The van der Waals surface area contributed by atoms with Gasteiger partial charge in [-0.1, -0.05) is 26.7 Å². The van der Waals surface area contributed by atoms with E-state index >= 15 is 0 Å². The first-order valence-corrected chi connectivity index (χ1v) is 7.09. The Balaban J connectivity index is 3.36. The predicted molar refractivity (Wildman–Crippen MR) is 71.8 cm³/mol. The molecule has 5 nitrogen and oxygen atoms in total. The lowest BCUT2D eigenvalue weighted by Gasteiger charge is -2.06. The fourth-order valence-corrected chi connectivity index (χ4v) is 1.24. The van der Waals surface area contributed by atoms with Crippen LogP contribution in [-0.2, 0) is 23.8 Å². The molecule has 0 rings (SSSR count). The molecule has 0 spiro atoms. The minimum absolute atomic E-state index is 0.0694. The number of carbonyl (C=O) groups is 2. The molecule has 112 valence electrons. The van der Waals surface area contributed by atoms with Crippen LogP contribution in [-0.4, -0.2) is 38.4 Å². The maximum atomic E-state index is 11.3. The average Bonchev–Trinajstić information content (AvgIpc) is 2.40. The molecule has 19 heavy (non-hydrogen) atoms. The molecule has 0 heterocycles. The Labute approximate surface area is 115 Å². The summed E-state index contributed by atoms with van der Waals surface area (Å²) >= 11 is 0. The van der Waals surface area contributed by atoms with Gasteiger partial charge >= 0.3 is 11.9 Å². The van der Waals surface area contributed by atoms with Crippen molar-refractivity contribution in [3.05, 3.63) is 0 Å². The third-order valence-electron chi connectivity index (χ3n) is 2.43. The number of carbonyl (C=O) groups excluding carboxylic acids is 2. The summed E-state index contributed by atoms with van der Waals surface area (Å²) in [5.41, 5.74) is 0. The molecule has 0 amide bonds. The van der Waals surface area contributed by atoms with Gasteiger partial charge in [-0.15, -0.1) is 0 Å². The van der Waals surface area contributed by atoms with Crippen molar-refractivity contribution in [1.82, 2.24) is 0 Å². The SMILES string of the molecule is CCCCOCCOC(=O)CCC(=O)OCCCC. The van der Waals surface area contributed by atoms with Gasteiger partial charge in [-0.25, -0.2) is 0 Å². The Kier molecular flexibility index (Phi) is 12.6. The van der Waals surface area contributed by atoms with Crippen molar-refractivity contribution in [3.8, 4) is 0 Å². The number of hydrogen-bond acceptors (Lipinski definition) is 5. The molecule has 0 fully saturated rings. The molecule has 0 bridgehead atoms. The maximum Gasteiger partial charge on any atom is 0.306 e. The predicted octanol–water partition coefficient (Wildman–Crippen LogP) is 2.47. The summed E-state index contributed by atoms with van der Waals surface area (Å²) in [6, 6.07) is 0. The topological polar surface area (TPSA) is 61.8 Å². The highest BCUT2D eigenvalue weighted by atomic mass is 16.6. The highest BCUT2D eigenvalue weighted by molar-refractivity contribution is 5.77. The fraction of sp³-hybridized carbons (Fsp3) is 0.857. The van der Waals surface area contributed by atoms with E-state index in [9.17, 15) is 9.59 Å². The molecule has 0 saturated heterocycles. The van der Waals surface area contributed by atoms with Crippen LogP contribution in [0.3, 0.4) is 0 Å². The van der Waals surface area contributed by atoms with Gasteiger partial charge in [0.05, 0.1) is 26.1 Å². The normalized spacial score (nSPS) is 10.2. The van der Waals surface area contributed by atoms with E-state index in [1.165, 1.54) is 0 Å². The Hall–Kier alpha value is -1.10. The number of unbranched alkanes of at least 4 members (excludes halogenated alkanes) is 2. The van der Waals surface area contributed by atoms with Gasteiger partial charge in [0.1, 0.15) is 6.61 Å². The van der Waals surface area contributed by atoms with Crippen molar-refractivity contribution >= 4 is 11.9 Å². The van der Waals surface area contributed by atoms with Gasteiger partial charge in [-0.2, -0.15) is 0 Å². The van der Waals surface area contributed by atoms with Crippen LogP contribution in [0.15, 0.2) is 0 Å². The first-order chi connectivity index (χ1) is 9.20. The first kappa shape index (κ1) is 17.9. The van der Waals surface area contributed by atoms with Crippen molar-refractivity contribution in [3.63, 3.8) is 0 Å². The summed E-state index contributed by atoms with van der Waals surface area (Å²) < 4.78 is 15.1. The Morgan fingerprint density at radius 1 is 0.737 bits per heavy atom. The van der Waals surface area contributed by atoms with E-state index in [0.29, 0.717) is 19.8 Å². The van der Waals surface area contributed by atoms with Crippen molar-refractivity contribution in [2.75, 3.05) is 26.4 Å². The summed E-state index contributed by atoms with van der Waals surface area (Å²) in [7, 11) is 0. The Bertz CT molecular complexity index is 240. The van der Waals surface area contributed by atoms with Crippen LogP contribution in [0.2, 0.25) is 0 Å². The molecule has 0 N–H and O–H groups in total. The zero-order chi connectivity index (χ0) is 14.3. The van der Waals surface area contributed by atoms with E-state index in [2.05, 4.69) is 6.92 Å². The summed E-state index contributed by atoms with van der Waals surface area (Å²) in [6.45, 7) is 5.88.